The normalized spacial score (nSPS) is 20.8. The van der Waals surface area contributed by atoms with Crippen LogP contribution in [0.25, 0.3) is 0 Å². The fourth-order valence-corrected chi connectivity index (χ4v) is 3.58. The molecule has 0 saturated carbocycles. The quantitative estimate of drug-likeness (QED) is 0.844. The maximum absolute atomic E-state index is 12.9. The largest absolute Gasteiger partial charge is 0.372 e. The van der Waals surface area contributed by atoms with Gasteiger partial charge in [0.2, 0.25) is 0 Å². The summed E-state index contributed by atoms with van der Waals surface area (Å²) in [5, 5.41) is 0. The van der Waals surface area contributed by atoms with Crippen molar-refractivity contribution in [2.45, 2.75) is 26.1 Å². The first-order valence-corrected chi connectivity index (χ1v) is 8.47. The lowest BCUT2D eigenvalue weighted by Crippen LogP contribution is -2.54. The molecule has 1 atom stereocenters. The highest BCUT2D eigenvalue weighted by molar-refractivity contribution is 5.92. The van der Waals surface area contributed by atoms with E-state index >= 15 is 0 Å². The molecule has 1 unspecified atom stereocenters. The molecule has 0 N–H and O–H groups in total. The third-order valence-corrected chi connectivity index (χ3v) is 4.85. The van der Waals surface area contributed by atoms with Crippen LogP contribution in [0.3, 0.4) is 0 Å². The smallest absolute Gasteiger partial charge is 0.272 e. The van der Waals surface area contributed by atoms with Crippen molar-refractivity contribution in [1.29, 1.82) is 0 Å². The number of piperazine rings is 1. The minimum atomic E-state index is 0.0789. The van der Waals surface area contributed by atoms with Gasteiger partial charge < -0.3 is 19.1 Å². The highest BCUT2D eigenvalue weighted by Crippen LogP contribution is 2.22. The van der Waals surface area contributed by atoms with Crippen LogP contribution in [0.5, 0.6) is 0 Å². The SMILES string of the molecule is CC1CN(C(=O)c2cnc3n2CCOC3)CCN1c1ccccc1. The molecule has 0 bridgehead atoms. The molecule has 1 aromatic heterocycles. The van der Waals surface area contributed by atoms with Crippen LogP contribution in [-0.4, -0.2) is 52.6 Å². The van der Waals surface area contributed by atoms with Crippen LogP contribution in [0.2, 0.25) is 0 Å². The molecule has 0 radical (unpaired) electrons. The lowest BCUT2D eigenvalue weighted by Gasteiger charge is -2.41. The monoisotopic (exact) mass is 326 g/mol. The Balaban J connectivity index is 1.49. The van der Waals surface area contributed by atoms with Crippen LogP contribution >= 0.6 is 0 Å². The summed E-state index contributed by atoms with van der Waals surface area (Å²) in [4.78, 5) is 21.6. The van der Waals surface area contributed by atoms with Gasteiger partial charge in [0, 0.05) is 37.9 Å². The van der Waals surface area contributed by atoms with Crippen molar-refractivity contribution in [3.05, 3.63) is 48.0 Å². The number of carbonyl (C=O) groups excluding carboxylic acids is 1. The molecule has 3 heterocycles. The van der Waals surface area contributed by atoms with Crippen molar-refractivity contribution in [3.63, 3.8) is 0 Å². The number of benzene rings is 1. The van der Waals surface area contributed by atoms with Crippen LogP contribution < -0.4 is 4.90 Å². The average Bonchev–Trinajstić information content (AvgIpc) is 3.06. The van der Waals surface area contributed by atoms with E-state index in [2.05, 4.69) is 41.1 Å². The summed E-state index contributed by atoms with van der Waals surface area (Å²) in [7, 11) is 0. The Morgan fingerprint density at radius 1 is 1.21 bits per heavy atom. The zero-order chi connectivity index (χ0) is 16.5. The number of anilines is 1. The Morgan fingerprint density at radius 3 is 2.83 bits per heavy atom. The molecule has 1 amide bonds. The van der Waals surface area contributed by atoms with E-state index in [9.17, 15) is 4.79 Å². The van der Waals surface area contributed by atoms with Crippen LogP contribution in [-0.2, 0) is 17.9 Å². The minimum Gasteiger partial charge on any atom is -0.372 e. The topological polar surface area (TPSA) is 50.6 Å². The minimum absolute atomic E-state index is 0.0789. The molecule has 6 nitrogen and oxygen atoms in total. The second-order valence-corrected chi connectivity index (χ2v) is 6.39. The molecule has 0 spiro atoms. The highest BCUT2D eigenvalue weighted by Gasteiger charge is 2.30. The van der Waals surface area contributed by atoms with Crippen LogP contribution in [0.4, 0.5) is 5.69 Å². The van der Waals surface area contributed by atoms with E-state index in [4.69, 9.17) is 4.74 Å². The van der Waals surface area contributed by atoms with E-state index in [0.717, 1.165) is 25.5 Å². The number of amides is 1. The van der Waals surface area contributed by atoms with Gasteiger partial charge in [-0.15, -0.1) is 0 Å². The number of carbonyl (C=O) groups is 1. The molecule has 2 aliphatic heterocycles. The molecule has 126 valence electrons. The Morgan fingerprint density at radius 2 is 2.04 bits per heavy atom. The van der Waals surface area contributed by atoms with Gasteiger partial charge in [-0.1, -0.05) is 18.2 Å². The molecule has 0 aliphatic carbocycles. The van der Waals surface area contributed by atoms with E-state index in [1.165, 1.54) is 5.69 Å². The summed E-state index contributed by atoms with van der Waals surface area (Å²) in [5.74, 6) is 0.927. The van der Waals surface area contributed by atoms with Gasteiger partial charge in [0.1, 0.15) is 18.1 Å². The molecule has 2 aromatic rings. The zero-order valence-electron chi connectivity index (χ0n) is 13.9. The summed E-state index contributed by atoms with van der Waals surface area (Å²) in [6, 6.07) is 10.7. The number of ether oxygens (including phenoxy) is 1. The number of para-hydroxylation sites is 1. The van der Waals surface area contributed by atoms with Gasteiger partial charge in [0.25, 0.3) is 5.91 Å². The Labute approximate surface area is 141 Å². The predicted octanol–water partition coefficient (Wildman–Crippen LogP) is 1.76. The average molecular weight is 326 g/mol. The predicted molar refractivity (Wildman–Crippen MR) is 91.0 cm³/mol. The van der Waals surface area contributed by atoms with E-state index in [0.29, 0.717) is 25.5 Å². The molecule has 1 saturated heterocycles. The van der Waals surface area contributed by atoms with E-state index in [1.54, 1.807) is 6.20 Å². The summed E-state index contributed by atoms with van der Waals surface area (Å²) in [6.07, 6.45) is 1.70. The Bertz CT molecular complexity index is 728. The van der Waals surface area contributed by atoms with Gasteiger partial charge in [-0.05, 0) is 19.1 Å². The van der Waals surface area contributed by atoms with E-state index < -0.39 is 0 Å². The van der Waals surface area contributed by atoms with Gasteiger partial charge in [-0.25, -0.2) is 4.98 Å². The summed E-state index contributed by atoms with van der Waals surface area (Å²) in [5.41, 5.74) is 1.91. The number of hydrogen-bond acceptors (Lipinski definition) is 4. The number of hydrogen-bond donors (Lipinski definition) is 0. The van der Waals surface area contributed by atoms with Crippen molar-refractivity contribution in [2.24, 2.45) is 0 Å². The second-order valence-electron chi connectivity index (χ2n) is 6.39. The Kier molecular flexibility index (Phi) is 3.98. The molecule has 4 rings (SSSR count). The molecule has 2 aliphatic rings. The van der Waals surface area contributed by atoms with Gasteiger partial charge >= 0.3 is 0 Å². The molecule has 6 heteroatoms. The van der Waals surface area contributed by atoms with E-state index in [-0.39, 0.29) is 11.9 Å². The van der Waals surface area contributed by atoms with Crippen LogP contribution in [0.15, 0.2) is 36.5 Å². The third kappa shape index (κ3) is 2.67. The number of fused-ring (bicyclic) bond motifs is 1. The maximum atomic E-state index is 12.9. The summed E-state index contributed by atoms with van der Waals surface area (Å²) < 4.78 is 7.40. The Hall–Kier alpha value is -2.34. The van der Waals surface area contributed by atoms with E-state index in [1.807, 2.05) is 15.5 Å². The standard InChI is InChI=1S/C18H22N4O2/c1-14-12-20(7-8-21(14)15-5-3-2-4-6-15)18(23)16-11-19-17-13-24-10-9-22(16)17/h2-6,11,14H,7-10,12-13H2,1H3. The fraction of sp³-hybridized carbons (Fsp3) is 0.444. The van der Waals surface area contributed by atoms with Crippen molar-refractivity contribution in [1.82, 2.24) is 14.5 Å². The molecular formula is C18H22N4O2. The molecular weight excluding hydrogens is 304 g/mol. The number of rotatable bonds is 2. The zero-order valence-corrected chi connectivity index (χ0v) is 13.9. The van der Waals surface area contributed by atoms with Gasteiger partial charge in [-0.3, -0.25) is 4.79 Å². The highest BCUT2D eigenvalue weighted by atomic mass is 16.5. The number of nitrogens with zero attached hydrogens (tertiary/aromatic N) is 4. The first-order chi connectivity index (χ1) is 11.7. The fourth-order valence-electron chi connectivity index (χ4n) is 3.58. The first-order valence-electron chi connectivity index (χ1n) is 8.47. The van der Waals surface area contributed by atoms with Crippen molar-refractivity contribution < 1.29 is 9.53 Å². The van der Waals surface area contributed by atoms with Crippen LogP contribution in [0, 0.1) is 0 Å². The molecule has 1 aromatic carbocycles. The van der Waals surface area contributed by atoms with Gasteiger partial charge in [-0.2, -0.15) is 0 Å². The third-order valence-electron chi connectivity index (χ3n) is 4.85. The first kappa shape index (κ1) is 15.2. The summed E-state index contributed by atoms with van der Waals surface area (Å²) in [6.45, 7) is 6.32. The van der Waals surface area contributed by atoms with Crippen molar-refractivity contribution in [3.8, 4) is 0 Å². The summed E-state index contributed by atoms with van der Waals surface area (Å²) >= 11 is 0. The van der Waals surface area contributed by atoms with Crippen LogP contribution in [0.1, 0.15) is 23.2 Å². The molecule has 1 fully saturated rings. The lowest BCUT2D eigenvalue weighted by molar-refractivity contribution is 0.0667. The number of imidazole rings is 1. The van der Waals surface area contributed by atoms with Gasteiger partial charge in [0.15, 0.2) is 0 Å². The number of aromatic nitrogens is 2. The van der Waals surface area contributed by atoms with Crippen molar-refractivity contribution in [2.75, 3.05) is 31.1 Å². The lowest BCUT2D eigenvalue weighted by atomic mass is 10.1. The van der Waals surface area contributed by atoms with Gasteiger partial charge in [0.05, 0.1) is 12.8 Å². The maximum Gasteiger partial charge on any atom is 0.272 e. The van der Waals surface area contributed by atoms with Crippen molar-refractivity contribution >= 4 is 11.6 Å². The second kappa shape index (κ2) is 6.28. The molecule has 24 heavy (non-hydrogen) atoms.